The molecule has 6 nitrogen and oxygen atoms in total. The molecule has 0 saturated carbocycles. The van der Waals surface area contributed by atoms with Gasteiger partial charge in [0, 0.05) is 32.7 Å². The molecule has 0 fully saturated rings. The molecule has 0 radical (unpaired) electrons. The Morgan fingerprint density at radius 1 is 1.19 bits per heavy atom. The molecule has 1 heterocycles. The van der Waals surface area contributed by atoms with Crippen LogP contribution < -0.4 is 10.7 Å². The van der Waals surface area contributed by atoms with Crippen LogP contribution in [0.15, 0.2) is 53.6 Å². The van der Waals surface area contributed by atoms with E-state index >= 15 is 0 Å². The Bertz CT molecular complexity index is 994. The SMILES string of the molecule is Cc1[nH]c2ccccc2c1/C=N\NC(=O)CNC(=O)c1cccc(Cl)c1. The lowest BCUT2D eigenvalue weighted by atomic mass is 10.1. The number of nitrogens with zero attached hydrogens (tertiary/aromatic N) is 1. The fourth-order valence-electron chi connectivity index (χ4n) is 2.57. The lowest BCUT2D eigenvalue weighted by molar-refractivity contribution is -0.120. The molecule has 0 aliphatic carbocycles. The van der Waals surface area contributed by atoms with Crippen LogP contribution in [-0.4, -0.2) is 29.6 Å². The quantitative estimate of drug-likeness (QED) is 0.477. The number of halogens is 1. The predicted molar refractivity (Wildman–Crippen MR) is 103 cm³/mol. The molecule has 1 aromatic heterocycles. The van der Waals surface area contributed by atoms with Crippen LogP contribution in [0.2, 0.25) is 5.02 Å². The standard InChI is InChI=1S/C19H17ClN4O2/c1-12-16(15-7-2-3-8-17(15)23-12)10-22-24-18(25)11-21-19(26)13-5-4-6-14(20)9-13/h2-10,23H,11H2,1H3,(H,21,26)(H,24,25)/b22-10-. The first-order chi connectivity index (χ1) is 12.5. The zero-order valence-corrected chi connectivity index (χ0v) is 14.8. The number of nitrogens with one attached hydrogen (secondary N) is 3. The molecule has 26 heavy (non-hydrogen) atoms. The first-order valence-corrected chi connectivity index (χ1v) is 8.35. The number of amides is 2. The minimum atomic E-state index is -0.422. The fourth-order valence-corrected chi connectivity index (χ4v) is 2.76. The lowest BCUT2D eigenvalue weighted by Gasteiger charge is -2.04. The molecule has 3 aromatic rings. The van der Waals surface area contributed by atoms with Gasteiger partial charge in [-0.25, -0.2) is 5.43 Å². The van der Waals surface area contributed by atoms with Crippen LogP contribution >= 0.6 is 11.6 Å². The Balaban J connectivity index is 1.56. The molecule has 2 amide bonds. The molecule has 0 spiro atoms. The van der Waals surface area contributed by atoms with Gasteiger partial charge in [-0.05, 0) is 31.2 Å². The van der Waals surface area contributed by atoms with Crippen LogP contribution in [0.1, 0.15) is 21.6 Å². The summed E-state index contributed by atoms with van der Waals surface area (Å²) in [5.41, 5.74) is 5.67. The van der Waals surface area contributed by atoms with Gasteiger partial charge >= 0.3 is 0 Å². The third-order valence-corrected chi connectivity index (χ3v) is 4.06. The van der Waals surface area contributed by atoms with Crippen molar-refractivity contribution in [3.63, 3.8) is 0 Å². The van der Waals surface area contributed by atoms with E-state index in [2.05, 4.69) is 20.8 Å². The van der Waals surface area contributed by atoms with E-state index in [9.17, 15) is 9.59 Å². The Kier molecular flexibility index (Phi) is 5.34. The number of aromatic nitrogens is 1. The summed E-state index contributed by atoms with van der Waals surface area (Å²) in [4.78, 5) is 27.1. The summed E-state index contributed by atoms with van der Waals surface area (Å²) >= 11 is 5.84. The van der Waals surface area contributed by atoms with E-state index in [1.54, 1.807) is 24.4 Å². The number of hydrogen-bond acceptors (Lipinski definition) is 3. The van der Waals surface area contributed by atoms with Gasteiger partial charge in [-0.2, -0.15) is 5.10 Å². The van der Waals surface area contributed by atoms with Crippen LogP contribution in [0.5, 0.6) is 0 Å². The maximum absolute atomic E-state index is 12.0. The summed E-state index contributed by atoms with van der Waals surface area (Å²) in [5.74, 6) is -0.798. The van der Waals surface area contributed by atoms with Crippen LogP contribution in [0, 0.1) is 6.92 Å². The van der Waals surface area contributed by atoms with Crippen molar-refractivity contribution in [2.45, 2.75) is 6.92 Å². The van der Waals surface area contributed by atoms with Gasteiger partial charge in [-0.3, -0.25) is 9.59 Å². The average molecular weight is 369 g/mol. The Labute approximate surface area is 155 Å². The van der Waals surface area contributed by atoms with Crippen molar-refractivity contribution in [2.75, 3.05) is 6.54 Å². The first-order valence-electron chi connectivity index (χ1n) is 7.97. The highest BCUT2D eigenvalue weighted by Crippen LogP contribution is 2.19. The Morgan fingerprint density at radius 3 is 2.81 bits per heavy atom. The van der Waals surface area contributed by atoms with Crippen molar-refractivity contribution in [3.8, 4) is 0 Å². The minimum absolute atomic E-state index is 0.185. The molecular formula is C19H17ClN4O2. The van der Waals surface area contributed by atoms with Crippen molar-refractivity contribution in [1.82, 2.24) is 15.7 Å². The molecule has 3 N–H and O–H groups in total. The number of H-pyrrole nitrogens is 1. The molecule has 132 valence electrons. The summed E-state index contributed by atoms with van der Waals surface area (Å²) in [6.07, 6.45) is 1.59. The Morgan fingerprint density at radius 2 is 2.00 bits per heavy atom. The molecule has 2 aromatic carbocycles. The normalized spacial score (nSPS) is 11.0. The second-order valence-corrected chi connectivity index (χ2v) is 6.13. The largest absolute Gasteiger partial charge is 0.358 e. The highest BCUT2D eigenvalue weighted by molar-refractivity contribution is 6.31. The zero-order valence-electron chi connectivity index (χ0n) is 14.0. The van der Waals surface area contributed by atoms with Crippen LogP contribution in [0.4, 0.5) is 0 Å². The van der Waals surface area contributed by atoms with Crippen LogP contribution in [0.25, 0.3) is 10.9 Å². The van der Waals surface area contributed by atoms with Crippen LogP contribution in [-0.2, 0) is 4.79 Å². The lowest BCUT2D eigenvalue weighted by Crippen LogP contribution is -2.34. The molecule has 0 bridgehead atoms. The van der Waals surface area contributed by atoms with E-state index in [0.717, 1.165) is 22.2 Å². The number of fused-ring (bicyclic) bond motifs is 1. The highest BCUT2D eigenvalue weighted by atomic mass is 35.5. The maximum atomic E-state index is 12.0. The molecule has 3 rings (SSSR count). The van der Waals surface area contributed by atoms with Gasteiger partial charge < -0.3 is 10.3 Å². The highest BCUT2D eigenvalue weighted by Gasteiger charge is 2.08. The monoisotopic (exact) mass is 368 g/mol. The summed E-state index contributed by atoms with van der Waals surface area (Å²) in [7, 11) is 0. The van der Waals surface area contributed by atoms with Crippen molar-refractivity contribution < 1.29 is 9.59 Å². The molecule has 0 saturated heterocycles. The number of aryl methyl sites for hydroxylation is 1. The van der Waals surface area contributed by atoms with Gasteiger partial charge in [0.1, 0.15) is 0 Å². The zero-order chi connectivity index (χ0) is 18.5. The molecular weight excluding hydrogens is 352 g/mol. The summed E-state index contributed by atoms with van der Waals surface area (Å²) < 4.78 is 0. The molecule has 0 unspecified atom stereocenters. The maximum Gasteiger partial charge on any atom is 0.259 e. The summed E-state index contributed by atoms with van der Waals surface area (Å²) in [6, 6.07) is 14.3. The van der Waals surface area contributed by atoms with Gasteiger partial charge in [-0.15, -0.1) is 0 Å². The van der Waals surface area contributed by atoms with Gasteiger partial charge in [0.25, 0.3) is 11.8 Å². The van der Waals surface area contributed by atoms with E-state index in [1.165, 1.54) is 6.07 Å². The summed E-state index contributed by atoms with van der Waals surface area (Å²) in [5, 5.41) is 7.98. The van der Waals surface area contributed by atoms with Gasteiger partial charge in [-0.1, -0.05) is 35.9 Å². The van der Waals surface area contributed by atoms with Gasteiger partial charge in [0.15, 0.2) is 0 Å². The van der Waals surface area contributed by atoms with E-state index < -0.39 is 5.91 Å². The predicted octanol–water partition coefficient (Wildman–Crippen LogP) is 3.01. The van der Waals surface area contributed by atoms with E-state index in [1.807, 2.05) is 31.2 Å². The number of benzene rings is 2. The third kappa shape index (κ3) is 4.10. The topological polar surface area (TPSA) is 86.3 Å². The fraction of sp³-hybridized carbons (Fsp3) is 0.105. The van der Waals surface area contributed by atoms with Crippen molar-refractivity contribution >= 4 is 40.5 Å². The van der Waals surface area contributed by atoms with E-state index in [0.29, 0.717) is 10.6 Å². The van der Waals surface area contributed by atoms with Crippen molar-refractivity contribution in [1.29, 1.82) is 0 Å². The number of hydrazone groups is 1. The van der Waals surface area contributed by atoms with Crippen molar-refractivity contribution in [3.05, 3.63) is 70.4 Å². The number of carbonyl (C=O) groups excluding carboxylic acids is 2. The number of rotatable bonds is 5. The smallest absolute Gasteiger partial charge is 0.259 e. The van der Waals surface area contributed by atoms with E-state index in [4.69, 9.17) is 11.6 Å². The number of aromatic amines is 1. The molecule has 0 atom stereocenters. The second kappa shape index (κ2) is 7.84. The number of carbonyl (C=O) groups is 2. The molecule has 0 aliphatic heterocycles. The minimum Gasteiger partial charge on any atom is -0.358 e. The number of para-hydroxylation sites is 1. The summed E-state index contributed by atoms with van der Waals surface area (Å²) in [6.45, 7) is 1.75. The van der Waals surface area contributed by atoms with Gasteiger partial charge in [0.2, 0.25) is 0 Å². The van der Waals surface area contributed by atoms with Gasteiger partial charge in [0.05, 0.1) is 12.8 Å². The Hall–Kier alpha value is -3.12. The molecule has 7 heteroatoms. The first kappa shape index (κ1) is 17.7. The second-order valence-electron chi connectivity index (χ2n) is 5.70. The van der Waals surface area contributed by atoms with E-state index in [-0.39, 0.29) is 12.5 Å². The number of hydrogen-bond donors (Lipinski definition) is 3. The molecule has 0 aliphatic rings. The van der Waals surface area contributed by atoms with Crippen LogP contribution in [0.3, 0.4) is 0 Å². The third-order valence-electron chi connectivity index (χ3n) is 3.82. The van der Waals surface area contributed by atoms with Crippen molar-refractivity contribution in [2.24, 2.45) is 5.10 Å². The average Bonchev–Trinajstić information content (AvgIpc) is 2.95.